The number of carbonyl (C=O) groups is 1. The first kappa shape index (κ1) is 23.4. The zero-order chi connectivity index (χ0) is 26.2. The van der Waals surface area contributed by atoms with Gasteiger partial charge in [-0.1, -0.05) is 48.5 Å². The molecule has 0 atom stereocenters. The molecule has 8 heteroatoms. The summed E-state index contributed by atoms with van der Waals surface area (Å²) in [7, 11) is 0. The number of aromatic nitrogens is 3. The van der Waals surface area contributed by atoms with Crippen molar-refractivity contribution in [1.82, 2.24) is 14.2 Å². The minimum atomic E-state index is -0.318. The standard InChI is InChI=1S/C30H24N4O4/c1-3-37-28(35)18-33-19(2)23(21-11-6-8-14-25(21)33)17-31-34-29(27-16-20-10-4-9-15-26(20)38-27)32-24-13-7-5-12-22(24)30(34)36/h4-17H,3,18H2,1-2H3. The highest BCUT2D eigenvalue weighted by Crippen LogP contribution is 2.28. The van der Waals surface area contributed by atoms with Crippen molar-refractivity contribution in [2.24, 2.45) is 5.10 Å². The fourth-order valence-corrected chi connectivity index (χ4v) is 4.76. The number of esters is 1. The van der Waals surface area contributed by atoms with Gasteiger partial charge in [0.15, 0.2) is 5.76 Å². The summed E-state index contributed by atoms with van der Waals surface area (Å²) in [6, 6.07) is 24.4. The molecule has 0 N–H and O–H groups in total. The van der Waals surface area contributed by atoms with Crippen LogP contribution < -0.4 is 5.56 Å². The van der Waals surface area contributed by atoms with Gasteiger partial charge in [-0.05, 0) is 44.2 Å². The molecule has 3 heterocycles. The maximum absolute atomic E-state index is 13.6. The van der Waals surface area contributed by atoms with Gasteiger partial charge in [0.25, 0.3) is 5.56 Å². The smallest absolute Gasteiger partial charge is 0.325 e. The van der Waals surface area contributed by atoms with Crippen molar-refractivity contribution in [3.63, 3.8) is 0 Å². The maximum atomic E-state index is 13.6. The number of fused-ring (bicyclic) bond motifs is 3. The molecule has 0 saturated heterocycles. The molecule has 6 rings (SSSR count). The van der Waals surface area contributed by atoms with E-state index in [-0.39, 0.29) is 18.1 Å². The number of nitrogens with zero attached hydrogens (tertiary/aromatic N) is 4. The van der Waals surface area contributed by atoms with Crippen LogP contribution in [0, 0.1) is 6.92 Å². The van der Waals surface area contributed by atoms with Gasteiger partial charge in [0, 0.05) is 27.5 Å². The van der Waals surface area contributed by atoms with Crippen molar-refractivity contribution < 1.29 is 13.9 Å². The molecule has 3 aromatic heterocycles. The topological polar surface area (TPSA) is 91.6 Å². The normalized spacial score (nSPS) is 11.7. The second kappa shape index (κ2) is 9.48. The highest BCUT2D eigenvalue weighted by Gasteiger charge is 2.18. The molecule has 38 heavy (non-hydrogen) atoms. The van der Waals surface area contributed by atoms with Crippen molar-refractivity contribution in [3.8, 4) is 11.6 Å². The Morgan fingerprint density at radius 2 is 1.76 bits per heavy atom. The lowest BCUT2D eigenvalue weighted by molar-refractivity contribution is -0.143. The third-order valence-corrected chi connectivity index (χ3v) is 6.57. The first-order valence-electron chi connectivity index (χ1n) is 12.3. The molecule has 0 fully saturated rings. The lowest BCUT2D eigenvalue weighted by Crippen LogP contribution is -2.20. The van der Waals surface area contributed by atoms with E-state index in [0.29, 0.717) is 34.7 Å². The van der Waals surface area contributed by atoms with Crippen molar-refractivity contribution in [3.05, 3.63) is 100 Å². The van der Waals surface area contributed by atoms with Crippen molar-refractivity contribution in [1.29, 1.82) is 0 Å². The van der Waals surface area contributed by atoms with Gasteiger partial charge in [-0.3, -0.25) is 9.59 Å². The molecule has 188 valence electrons. The average molecular weight is 505 g/mol. The minimum absolute atomic E-state index is 0.0791. The van der Waals surface area contributed by atoms with Crippen LogP contribution in [-0.2, 0) is 16.1 Å². The van der Waals surface area contributed by atoms with Crippen LogP contribution in [0.5, 0.6) is 0 Å². The number of para-hydroxylation sites is 3. The molecule has 0 aliphatic carbocycles. The quantitative estimate of drug-likeness (QED) is 0.220. The first-order valence-corrected chi connectivity index (χ1v) is 12.3. The fraction of sp³-hybridized carbons (Fsp3) is 0.133. The third-order valence-electron chi connectivity index (χ3n) is 6.57. The van der Waals surface area contributed by atoms with Crippen molar-refractivity contribution in [2.45, 2.75) is 20.4 Å². The average Bonchev–Trinajstić information content (AvgIpc) is 3.47. The number of benzene rings is 3. The zero-order valence-electron chi connectivity index (χ0n) is 20.9. The predicted octanol–water partition coefficient (Wildman–Crippen LogP) is 5.52. The highest BCUT2D eigenvalue weighted by atomic mass is 16.5. The Hall–Kier alpha value is -4.98. The summed E-state index contributed by atoms with van der Waals surface area (Å²) in [6.45, 7) is 4.09. The molecule has 0 saturated carbocycles. The molecule has 0 unspecified atom stereocenters. The van der Waals surface area contributed by atoms with Crippen LogP contribution in [0.25, 0.3) is 44.4 Å². The van der Waals surface area contributed by atoms with E-state index < -0.39 is 0 Å². The van der Waals surface area contributed by atoms with Crippen LogP contribution in [0.1, 0.15) is 18.2 Å². The summed E-state index contributed by atoms with van der Waals surface area (Å²) in [4.78, 5) is 30.7. The summed E-state index contributed by atoms with van der Waals surface area (Å²) in [5.41, 5.74) is 3.44. The predicted molar refractivity (Wildman–Crippen MR) is 148 cm³/mol. The van der Waals surface area contributed by atoms with Gasteiger partial charge in [0.1, 0.15) is 12.1 Å². The molecule has 3 aromatic carbocycles. The van der Waals surface area contributed by atoms with Crippen LogP contribution >= 0.6 is 0 Å². The molecular weight excluding hydrogens is 480 g/mol. The van der Waals surface area contributed by atoms with Crippen LogP contribution in [0.4, 0.5) is 0 Å². The molecule has 0 amide bonds. The van der Waals surface area contributed by atoms with Gasteiger partial charge < -0.3 is 13.7 Å². The molecule has 0 bridgehead atoms. The maximum Gasteiger partial charge on any atom is 0.325 e. The number of furan rings is 1. The summed E-state index contributed by atoms with van der Waals surface area (Å²) in [5, 5.41) is 6.90. The van der Waals surface area contributed by atoms with Gasteiger partial charge in [0.2, 0.25) is 5.82 Å². The molecule has 6 aromatic rings. The van der Waals surface area contributed by atoms with Crippen LogP contribution in [0.15, 0.2) is 93.2 Å². The number of hydrogen-bond donors (Lipinski definition) is 0. The van der Waals surface area contributed by atoms with E-state index in [1.807, 2.05) is 72.2 Å². The molecule has 8 nitrogen and oxygen atoms in total. The monoisotopic (exact) mass is 504 g/mol. The number of rotatable bonds is 6. The summed E-state index contributed by atoms with van der Waals surface area (Å²) < 4.78 is 14.4. The zero-order valence-corrected chi connectivity index (χ0v) is 20.9. The second-order valence-corrected chi connectivity index (χ2v) is 8.87. The van der Waals surface area contributed by atoms with E-state index >= 15 is 0 Å². The second-order valence-electron chi connectivity index (χ2n) is 8.87. The summed E-state index contributed by atoms with van der Waals surface area (Å²) in [6.07, 6.45) is 1.64. The van der Waals surface area contributed by atoms with E-state index in [2.05, 4.69) is 5.10 Å². The van der Waals surface area contributed by atoms with Gasteiger partial charge in [0.05, 0.1) is 23.7 Å². The number of carbonyl (C=O) groups excluding carboxylic acids is 1. The molecule has 0 aliphatic heterocycles. The number of hydrogen-bond acceptors (Lipinski definition) is 6. The molecular formula is C30H24N4O4. The Morgan fingerprint density at radius 1 is 1.03 bits per heavy atom. The lowest BCUT2D eigenvalue weighted by atomic mass is 10.1. The van der Waals surface area contributed by atoms with Crippen LogP contribution in [0.3, 0.4) is 0 Å². The Bertz CT molecular complexity index is 1890. The molecule has 0 spiro atoms. The van der Waals surface area contributed by atoms with E-state index in [1.165, 1.54) is 4.68 Å². The van der Waals surface area contributed by atoms with E-state index in [1.54, 1.807) is 31.3 Å². The van der Waals surface area contributed by atoms with Crippen molar-refractivity contribution in [2.75, 3.05) is 6.61 Å². The third kappa shape index (κ3) is 3.96. The Morgan fingerprint density at radius 3 is 2.58 bits per heavy atom. The first-order chi connectivity index (χ1) is 18.5. The SMILES string of the molecule is CCOC(=O)Cn1c(C)c(C=Nn2c(-c3cc4ccccc4o3)nc3ccccc3c2=O)c2ccccc21. The Balaban J connectivity index is 1.54. The van der Waals surface area contributed by atoms with Gasteiger partial charge in [-0.2, -0.15) is 9.78 Å². The molecule has 0 radical (unpaired) electrons. The Kier molecular flexibility index (Phi) is 5.84. The van der Waals surface area contributed by atoms with Gasteiger partial charge in [-0.15, -0.1) is 0 Å². The van der Waals surface area contributed by atoms with Crippen LogP contribution in [0.2, 0.25) is 0 Å². The van der Waals surface area contributed by atoms with E-state index in [0.717, 1.165) is 27.5 Å². The molecule has 0 aliphatic rings. The Labute approximate surface area is 217 Å². The van der Waals surface area contributed by atoms with Crippen LogP contribution in [-0.4, -0.2) is 33.0 Å². The van der Waals surface area contributed by atoms with Crippen molar-refractivity contribution >= 4 is 45.0 Å². The fourth-order valence-electron chi connectivity index (χ4n) is 4.76. The largest absolute Gasteiger partial charge is 0.465 e. The van der Waals surface area contributed by atoms with Gasteiger partial charge >= 0.3 is 5.97 Å². The summed E-state index contributed by atoms with van der Waals surface area (Å²) >= 11 is 0. The lowest BCUT2D eigenvalue weighted by Gasteiger charge is -2.08. The minimum Gasteiger partial charge on any atom is -0.465 e. The number of ether oxygens (including phenoxy) is 1. The van der Waals surface area contributed by atoms with E-state index in [4.69, 9.17) is 14.1 Å². The van der Waals surface area contributed by atoms with Gasteiger partial charge in [-0.25, -0.2) is 4.98 Å². The highest BCUT2D eigenvalue weighted by molar-refractivity contribution is 6.01. The summed E-state index contributed by atoms with van der Waals surface area (Å²) in [5.74, 6) is 0.420. The van der Waals surface area contributed by atoms with E-state index in [9.17, 15) is 9.59 Å².